The molecule has 0 bridgehead atoms. The van der Waals surface area contributed by atoms with Crippen molar-refractivity contribution in [3.05, 3.63) is 75.3 Å². The summed E-state index contributed by atoms with van der Waals surface area (Å²) in [6.07, 6.45) is 2.51. The summed E-state index contributed by atoms with van der Waals surface area (Å²) in [5.74, 6) is 0.750. The first kappa shape index (κ1) is 20.9. The molecule has 1 unspecified atom stereocenters. The smallest absolute Gasteiger partial charge is 0.344 e. The van der Waals surface area contributed by atoms with E-state index in [1.165, 1.54) is 6.20 Å². The van der Waals surface area contributed by atoms with Crippen molar-refractivity contribution >= 4 is 17.0 Å². The molecule has 8 heteroatoms. The fourth-order valence-corrected chi connectivity index (χ4v) is 4.05. The lowest BCUT2D eigenvalue weighted by Gasteiger charge is -2.10. The number of fused-ring (bicyclic) bond motifs is 2. The number of carbonyl (C=O) groups excluding carboxylic acids is 1. The molecule has 0 amide bonds. The molecular weight excluding hydrogens is 422 g/mol. The first-order chi connectivity index (χ1) is 15.9. The number of benzene rings is 1. The van der Waals surface area contributed by atoms with Crippen LogP contribution in [0.5, 0.6) is 5.75 Å². The van der Waals surface area contributed by atoms with Crippen LogP contribution in [0, 0.1) is 6.92 Å². The third-order valence-electron chi connectivity index (χ3n) is 5.71. The Bertz CT molecular complexity index is 1440. The topological polar surface area (TPSA) is 96.5 Å². The summed E-state index contributed by atoms with van der Waals surface area (Å²) in [7, 11) is 0. The quantitative estimate of drug-likeness (QED) is 0.427. The van der Waals surface area contributed by atoms with Gasteiger partial charge in [0.2, 0.25) is 5.43 Å². The van der Waals surface area contributed by atoms with Crippen molar-refractivity contribution in [3.8, 4) is 17.1 Å². The Labute approximate surface area is 189 Å². The average Bonchev–Trinajstić information content (AvgIpc) is 3.42. The second kappa shape index (κ2) is 8.20. The molecule has 8 nitrogen and oxygen atoms in total. The van der Waals surface area contributed by atoms with Gasteiger partial charge < -0.3 is 18.6 Å². The molecule has 1 aromatic carbocycles. The molecule has 4 aromatic rings. The number of aryl methyl sites for hydroxylation is 2. The monoisotopic (exact) mass is 445 g/mol. The van der Waals surface area contributed by atoms with Crippen LogP contribution in [0.25, 0.3) is 22.4 Å². The highest BCUT2D eigenvalue weighted by Gasteiger charge is 2.21. The number of pyridine rings is 2. The SMILES string of the molecule is CCn1cc(C(=O)OCc2cc(-c3ccc4c(c3)CC(C)O4)on2)c(=O)c2ccc(C)nc21. The van der Waals surface area contributed by atoms with Crippen molar-refractivity contribution in [1.82, 2.24) is 14.7 Å². The molecule has 0 saturated carbocycles. The first-order valence-electron chi connectivity index (χ1n) is 10.9. The summed E-state index contributed by atoms with van der Waals surface area (Å²) < 4.78 is 18.3. The van der Waals surface area contributed by atoms with Crippen LogP contribution in [0.4, 0.5) is 0 Å². The molecule has 33 heavy (non-hydrogen) atoms. The van der Waals surface area contributed by atoms with Crippen LogP contribution in [0.1, 0.15) is 41.2 Å². The number of carbonyl (C=O) groups is 1. The highest BCUT2D eigenvalue weighted by molar-refractivity contribution is 5.93. The first-order valence-corrected chi connectivity index (χ1v) is 10.9. The van der Waals surface area contributed by atoms with Crippen LogP contribution >= 0.6 is 0 Å². The van der Waals surface area contributed by atoms with E-state index in [2.05, 4.69) is 10.1 Å². The minimum atomic E-state index is -0.710. The second-order valence-electron chi connectivity index (χ2n) is 8.20. The average molecular weight is 445 g/mol. The molecule has 5 rings (SSSR count). The number of aromatic nitrogens is 3. The molecule has 0 radical (unpaired) electrons. The Morgan fingerprint density at radius 3 is 2.91 bits per heavy atom. The van der Waals surface area contributed by atoms with Gasteiger partial charge in [0.15, 0.2) is 5.76 Å². The van der Waals surface area contributed by atoms with E-state index in [0.29, 0.717) is 29.0 Å². The Balaban J connectivity index is 1.34. The molecule has 3 aromatic heterocycles. The Kier molecular flexibility index (Phi) is 5.20. The van der Waals surface area contributed by atoms with Gasteiger partial charge in [0.25, 0.3) is 0 Å². The summed E-state index contributed by atoms with van der Waals surface area (Å²) in [4.78, 5) is 30.0. The summed E-state index contributed by atoms with van der Waals surface area (Å²) in [5.41, 5.74) is 3.37. The number of hydrogen-bond donors (Lipinski definition) is 0. The predicted molar refractivity (Wildman–Crippen MR) is 121 cm³/mol. The zero-order valence-corrected chi connectivity index (χ0v) is 18.6. The van der Waals surface area contributed by atoms with E-state index in [-0.39, 0.29) is 18.3 Å². The van der Waals surface area contributed by atoms with Gasteiger partial charge in [0.1, 0.15) is 35.4 Å². The minimum Gasteiger partial charge on any atom is -0.490 e. The summed E-state index contributed by atoms with van der Waals surface area (Å²) in [6.45, 7) is 6.26. The van der Waals surface area contributed by atoms with E-state index >= 15 is 0 Å². The van der Waals surface area contributed by atoms with Crippen LogP contribution in [0.3, 0.4) is 0 Å². The van der Waals surface area contributed by atoms with Gasteiger partial charge in [-0.15, -0.1) is 0 Å². The van der Waals surface area contributed by atoms with E-state index in [9.17, 15) is 9.59 Å². The highest BCUT2D eigenvalue weighted by atomic mass is 16.5. The van der Waals surface area contributed by atoms with Crippen molar-refractivity contribution in [3.63, 3.8) is 0 Å². The van der Waals surface area contributed by atoms with Crippen LogP contribution < -0.4 is 10.2 Å². The Hall–Kier alpha value is -3.94. The molecule has 168 valence electrons. The van der Waals surface area contributed by atoms with E-state index < -0.39 is 11.4 Å². The molecule has 1 atom stereocenters. The molecule has 0 spiro atoms. The van der Waals surface area contributed by atoms with E-state index in [1.807, 2.05) is 39.0 Å². The molecule has 1 aliphatic rings. The minimum absolute atomic E-state index is 0.0357. The number of nitrogens with zero attached hydrogens (tertiary/aromatic N) is 3. The lowest BCUT2D eigenvalue weighted by molar-refractivity contribution is 0.0462. The molecule has 1 aliphatic heterocycles. The van der Waals surface area contributed by atoms with Gasteiger partial charge in [-0.2, -0.15) is 0 Å². The zero-order valence-electron chi connectivity index (χ0n) is 18.6. The molecule has 0 fully saturated rings. The summed E-state index contributed by atoms with van der Waals surface area (Å²) in [6, 6.07) is 11.0. The molecular formula is C25H23N3O5. The third-order valence-corrected chi connectivity index (χ3v) is 5.71. The van der Waals surface area contributed by atoms with Crippen LogP contribution in [0.2, 0.25) is 0 Å². The van der Waals surface area contributed by atoms with Gasteiger partial charge in [-0.05, 0) is 56.7 Å². The zero-order chi connectivity index (χ0) is 23.1. The van der Waals surface area contributed by atoms with E-state index in [1.54, 1.807) is 22.8 Å². The standard InChI is InChI=1S/C25H23N3O5/c1-4-28-12-20(23(29)19-7-5-14(2)26-24(19)28)25(30)31-13-18-11-22(33-27-18)16-6-8-21-17(10-16)9-15(3)32-21/h5-8,10-12,15H,4,9,13H2,1-3H3. The van der Waals surface area contributed by atoms with Gasteiger partial charge in [-0.1, -0.05) is 5.16 Å². The van der Waals surface area contributed by atoms with E-state index in [0.717, 1.165) is 29.0 Å². The number of hydrogen-bond acceptors (Lipinski definition) is 7. The predicted octanol–water partition coefficient (Wildman–Crippen LogP) is 4.06. The van der Waals surface area contributed by atoms with Gasteiger partial charge in [-0.3, -0.25) is 4.79 Å². The highest BCUT2D eigenvalue weighted by Crippen LogP contribution is 2.33. The summed E-state index contributed by atoms with van der Waals surface area (Å²) in [5, 5.41) is 4.39. The number of esters is 1. The maximum absolute atomic E-state index is 12.9. The van der Waals surface area contributed by atoms with E-state index in [4.69, 9.17) is 14.0 Å². The lowest BCUT2D eigenvalue weighted by atomic mass is 10.1. The van der Waals surface area contributed by atoms with Crippen molar-refractivity contribution in [2.24, 2.45) is 0 Å². The second-order valence-corrected chi connectivity index (χ2v) is 8.20. The summed E-state index contributed by atoms with van der Waals surface area (Å²) >= 11 is 0. The van der Waals surface area contributed by atoms with Crippen molar-refractivity contribution in [2.75, 3.05) is 0 Å². The fourth-order valence-electron chi connectivity index (χ4n) is 4.05. The largest absolute Gasteiger partial charge is 0.490 e. The van der Waals surface area contributed by atoms with Crippen molar-refractivity contribution in [2.45, 2.75) is 46.4 Å². The van der Waals surface area contributed by atoms with Crippen molar-refractivity contribution < 1.29 is 18.8 Å². The van der Waals surface area contributed by atoms with Gasteiger partial charge in [-0.25, -0.2) is 9.78 Å². The number of rotatable bonds is 5. The Morgan fingerprint density at radius 1 is 1.24 bits per heavy atom. The lowest BCUT2D eigenvalue weighted by Crippen LogP contribution is -2.21. The fraction of sp³-hybridized carbons (Fsp3) is 0.280. The van der Waals surface area contributed by atoms with Crippen molar-refractivity contribution in [1.29, 1.82) is 0 Å². The normalized spacial score (nSPS) is 14.8. The van der Waals surface area contributed by atoms with Crippen LogP contribution in [0.15, 0.2) is 51.9 Å². The molecule has 0 N–H and O–H groups in total. The molecule has 0 saturated heterocycles. The Morgan fingerprint density at radius 2 is 2.09 bits per heavy atom. The van der Waals surface area contributed by atoms with Gasteiger partial charge >= 0.3 is 5.97 Å². The van der Waals surface area contributed by atoms with Gasteiger partial charge in [0.05, 0.1) is 5.39 Å². The number of ether oxygens (including phenoxy) is 2. The maximum atomic E-state index is 12.9. The maximum Gasteiger partial charge on any atom is 0.344 e. The van der Waals surface area contributed by atoms with Gasteiger partial charge in [0, 0.05) is 36.5 Å². The molecule has 4 heterocycles. The van der Waals surface area contributed by atoms with Crippen LogP contribution in [-0.4, -0.2) is 26.8 Å². The molecule has 0 aliphatic carbocycles. The third kappa shape index (κ3) is 3.88. The van der Waals surface area contributed by atoms with Crippen LogP contribution in [-0.2, 0) is 24.3 Å².